The van der Waals surface area contributed by atoms with E-state index in [1.54, 1.807) is 0 Å². The Morgan fingerprint density at radius 3 is 2.43 bits per heavy atom. The van der Waals surface area contributed by atoms with Gasteiger partial charge in [0.2, 0.25) is 0 Å². The van der Waals surface area contributed by atoms with Crippen molar-refractivity contribution in [2.75, 3.05) is 0 Å². The van der Waals surface area contributed by atoms with Crippen LogP contribution in [0.25, 0.3) is 0 Å². The van der Waals surface area contributed by atoms with Crippen LogP contribution in [-0.2, 0) is 11.0 Å². The van der Waals surface area contributed by atoms with Gasteiger partial charge in [0.1, 0.15) is 0 Å². The van der Waals surface area contributed by atoms with Gasteiger partial charge in [-0.3, -0.25) is 5.14 Å². The molecule has 0 aromatic heterocycles. The van der Waals surface area contributed by atoms with Crippen LogP contribution in [0.5, 0.6) is 0 Å². The van der Waals surface area contributed by atoms with Crippen molar-refractivity contribution in [1.29, 1.82) is 0 Å². The average Bonchev–Trinajstić information content (AvgIpc) is 2.02. The van der Waals surface area contributed by atoms with Crippen LogP contribution < -0.4 is 5.14 Å². The Hall–Kier alpha value is 0.0700. The molecule has 0 aromatic rings. The van der Waals surface area contributed by atoms with E-state index in [2.05, 4.69) is 6.92 Å². The molecule has 3 nitrogen and oxygen atoms in total. The first-order valence-corrected chi connectivity index (χ1v) is 6.41. The van der Waals surface area contributed by atoms with Crippen molar-refractivity contribution in [3.8, 4) is 0 Å². The highest BCUT2D eigenvalue weighted by Crippen LogP contribution is 2.37. The SMILES string of the molecule is C[C@@H]1CC[C@@H](C(C)(C)S(N)=O)[C@H](O)C1. The molecule has 0 radical (unpaired) electrons. The van der Waals surface area contributed by atoms with Crippen molar-refractivity contribution in [3.63, 3.8) is 0 Å². The highest BCUT2D eigenvalue weighted by molar-refractivity contribution is 7.84. The summed E-state index contributed by atoms with van der Waals surface area (Å²) in [6, 6.07) is 0. The molecule has 1 rings (SSSR count). The molecular formula is C10H21NO2S. The molecule has 1 fully saturated rings. The Morgan fingerprint density at radius 1 is 1.43 bits per heavy atom. The Bertz CT molecular complexity index is 230. The van der Waals surface area contributed by atoms with Gasteiger partial charge >= 0.3 is 0 Å². The van der Waals surface area contributed by atoms with Crippen LogP contribution in [0.2, 0.25) is 0 Å². The number of nitrogens with two attached hydrogens (primary N) is 1. The van der Waals surface area contributed by atoms with Gasteiger partial charge in [-0.2, -0.15) is 0 Å². The third-order valence-corrected chi connectivity index (χ3v) is 4.83. The maximum atomic E-state index is 11.4. The van der Waals surface area contributed by atoms with Crippen molar-refractivity contribution < 1.29 is 9.32 Å². The second kappa shape index (κ2) is 4.29. The minimum atomic E-state index is -1.37. The summed E-state index contributed by atoms with van der Waals surface area (Å²) < 4.78 is 10.9. The Morgan fingerprint density at radius 2 is 2.00 bits per heavy atom. The van der Waals surface area contributed by atoms with E-state index in [1.807, 2.05) is 13.8 Å². The van der Waals surface area contributed by atoms with Crippen LogP contribution in [0.1, 0.15) is 40.0 Å². The molecule has 0 bridgehead atoms. The lowest BCUT2D eigenvalue weighted by atomic mass is 9.75. The maximum absolute atomic E-state index is 11.4. The van der Waals surface area contributed by atoms with E-state index in [0.717, 1.165) is 19.3 Å². The highest BCUT2D eigenvalue weighted by Gasteiger charge is 2.41. The van der Waals surface area contributed by atoms with Crippen molar-refractivity contribution in [3.05, 3.63) is 0 Å². The predicted octanol–water partition coefficient (Wildman–Crippen LogP) is 1.18. The van der Waals surface area contributed by atoms with E-state index >= 15 is 0 Å². The summed E-state index contributed by atoms with van der Waals surface area (Å²) in [5, 5.41) is 15.4. The molecule has 0 amide bonds. The second-order valence-electron chi connectivity index (χ2n) is 4.99. The first-order chi connectivity index (χ1) is 6.35. The zero-order valence-corrected chi connectivity index (χ0v) is 10.0. The molecule has 1 saturated carbocycles. The zero-order chi connectivity index (χ0) is 10.9. The van der Waals surface area contributed by atoms with Crippen LogP contribution in [0.15, 0.2) is 0 Å². The van der Waals surface area contributed by atoms with Crippen LogP contribution in [0.4, 0.5) is 0 Å². The van der Waals surface area contributed by atoms with Gasteiger partial charge in [-0.25, -0.2) is 4.21 Å². The predicted molar refractivity (Wildman–Crippen MR) is 58.9 cm³/mol. The number of aliphatic hydroxyl groups is 1. The molecule has 0 saturated heterocycles. The molecule has 1 aliphatic rings. The summed E-state index contributed by atoms with van der Waals surface area (Å²) in [6.07, 6.45) is 2.49. The molecule has 84 valence electrons. The highest BCUT2D eigenvalue weighted by atomic mass is 32.2. The zero-order valence-electron chi connectivity index (χ0n) is 9.19. The summed E-state index contributed by atoms with van der Waals surface area (Å²) in [7, 11) is -1.37. The van der Waals surface area contributed by atoms with E-state index in [1.165, 1.54) is 0 Å². The van der Waals surface area contributed by atoms with Gasteiger partial charge in [-0.15, -0.1) is 0 Å². The molecular weight excluding hydrogens is 198 g/mol. The van der Waals surface area contributed by atoms with Crippen molar-refractivity contribution in [2.24, 2.45) is 17.0 Å². The molecule has 0 aromatic carbocycles. The van der Waals surface area contributed by atoms with Crippen LogP contribution >= 0.6 is 0 Å². The molecule has 4 heteroatoms. The summed E-state index contributed by atoms with van der Waals surface area (Å²) in [4.78, 5) is 0. The monoisotopic (exact) mass is 219 g/mol. The van der Waals surface area contributed by atoms with Gasteiger partial charge in [0.15, 0.2) is 0 Å². The third kappa shape index (κ3) is 2.35. The summed E-state index contributed by atoms with van der Waals surface area (Å²) in [5.74, 6) is 0.646. The normalized spacial score (nSPS) is 36.8. The average molecular weight is 219 g/mol. The summed E-state index contributed by atoms with van der Waals surface area (Å²) in [6.45, 7) is 5.91. The lowest BCUT2D eigenvalue weighted by molar-refractivity contribution is 0.0339. The van der Waals surface area contributed by atoms with Crippen molar-refractivity contribution in [2.45, 2.75) is 50.9 Å². The van der Waals surface area contributed by atoms with E-state index in [4.69, 9.17) is 5.14 Å². The molecule has 1 aliphatic carbocycles. The number of hydrogen-bond donors (Lipinski definition) is 2. The quantitative estimate of drug-likeness (QED) is 0.732. The minimum absolute atomic E-state index is 0.0736. The summed E-state index contributed by atoms with van der Waals surface area (Å²) in [5.41, 5.74) is 0. The molecule has 0 heterocycles. The van der Waals surface area contributed by atoms with Gasteiger partial charge in [0.05, 0.1) is 21.8 Å². The molecule has 1 unspecified atom stereocenters. The summed E-state index contributed by atoms with van der Waals surface area (Å²) >= 11 is 0. The first kappa shape index (κ1) is 12.1. The van der Waals surface area contributed by atoms with Gasteiger partial charge in [-0.05, 0) is 32.6 Å². The lowest BCUT2D eigenvalue weighted by Gasteiger charge is -2.40. The van der Waals surface area contributed by atoms with E-state index in [9.17, 15) is 9.32 Å². The van der Waals surface area contributed by atoms with Crippen LogP contribution in [0.3, 0.4) is 0 Å². The Labute approximate surface area is 88.7 Å². The van der Waals surface area contributed by atoms with Crippen molar-refractivity contribution in [1.82, 2.24) is 0 Å². The van der Waals surface area contributed by atoms with Crippen LogP contribution in [-0.4, -0.2) is 20.2 Å². The third-order valence-electron chi connectivity index (χ3n) is 3.49. The minimum Gasteiger partial charge on any atom is -0.393 e. The first-order valence-electron chi connectivity index (χ1n) is 5.20. The second-order valence-corrected chi connectivity index (χ2v) is 6.64. The fourth-order valence-electron chi connectivity index (χ4n) is 2.31. The fourth-order valence-corrected chi connectivity index (χ4v) is 2.88. The van der Waals surface area contributed by atoms with Crippen molar-refractivity contribution >= 4 is 11.0 Å². The largest absolute Gasteiger partial charge is 0.393 e. The molecule has 14 heavy (non-hydrogen) atoms. The Balaban J connectivity index is 2.73. The van der Waals surface area contributed by atoms with E-state index in [0.29, 0.717) is 5.92 Å². The Kier molecular flexibility index (Phi) is 3.72. The number of hydrogen-bond acceptors (Lipinski definition) is 2. The number of aliphatic hydroxyl groups excluding tert-OH is 1. The lowest BCUT2D eigenvalue weighted by Crippen LogP contribution is -2.47. The van der Waals surface area contributed by atoms with E-state index < -0.39 is 15.7 Å². The fraction of sp³-hybridized carbons (Fsp3) is 1.00. The topological polar surface area (TPSA) is 63.3 Å². The molecule has 0 spiro atoms. The molecule has 0 aliphatic heterocycles. The standard InChI is InChI=1S/C10H21NO2S/c1-7-4-5-8(9(12)6-7)10(2,3)14(11)13/h7-9,12H,4-6,11H2,1-3H3/t7-,8-,9-,14?/m1/s1. The van der Waals surface area contributed by atoms with Gasteiger partial charge < -0.3 is 5.11 Å². The van der Waals surface area contributed by atoms with E-state index in [-0.39, 0.29) is 12.0 Å². The number of rotatable bonds is 2. The molecule has 3 N–H and O–H groups in total. The van der Waals surface area contributed by atoms with Crippen LogP contribution in [0, 0.1) is 11.8 Å². The smallest absolute Gasteiger partial charge is 0.0949 e. The van der Waals surface area contributed by atoms with Gasteiger partial charge in [-0.1, -0.05) is 13.3 Å². The van der Waals surface area contributed by atoms with Gasteiger partial charge in [0, 0.05) is 5.92 Å². The van der Waals surface area contributed by atoms with Gasteiger partial charge in [0.25, 0.3) is 0 Å². The maximum Gasteiger partial charge on any atom is 0.0949 e. The molecule has 4 atom stereocenters.